The van der Waals surface area contributed by atoms with Gasteiger partial charge in [-0.05, 0) is 108 Å². The molecule has 6 N–H and O–H groups in total. The Morgan fingerprint density at radius 2 is 1.36 bits per heavy atom. The summed E-state index contributed by atoms with van der Waals surface area (Å²) >= 11 is 0. The number of nitrogens with zero attached hydrogens (tertiary/aromatic N) is 6. The average Bonchev–Trinajstić information content (AvgIpc) is 4.09. The van der Waals surface area contributed by atoms with Gasteiger partial charge in [-0.2, -0.15) is 31.4 Å². The molecule has 18 nitrogen and oxygen atoms in total. The fourth-order valence-corrected chi connectivity index (χ4v) is 10.1. The van der Waals surface area contributed by atoms with Crippen LogP contribution in [0.3, 0.4) is 0 Å². The molecule has 3 aliphatic heterocycles. The summed E-state index contributed by atoms with van der Waals surface area (Å²) in [6, 6.07) is 7.94. The van der Waals surface area contributed by atoms with E-state index in [9.17, 15) is 55.7 Å². The number of halogens is 8. The zero-order valence-electron chi connectivity index (χ0n) is 44.3. The Morgan fingerprint density at radius 1 is 0.787 bits per heavy atom. The van der Waals surface area contributed by atoms with Gasteiger partial charge in [-0.15, -0.1) is 0 Å². The van der Waals surface area contributed by atoms with Crippen molar-refractivity contribution in [2.24, 2.45) is 10.8 Å². The molecule has 3 saturated heterocycles. The van der Waals surface area contributed by atoms with Crippen LogP contribution >= 0.6 is 0 Å². The summed E-state index contributed by atoms with van der Waals surface area (Å²) in [5.74, 6) is 1.22. The van der Waals surface area contributed by atoms with Crippen LogP contribution in [0.1, 0.15) is 81.7 Å². The molecule has 0 spiro atoms. The van der Waals surface area contributed by atoms with Crippen LogP contribution in [0.2, 0.25) is 0 Å². The molecule has 6 atom stereocenters. The number of nitrogens with one attached hydrogen (secondary N) is 4. The number of methoxy groups -OCH3 is 1. The minimum Gasteiger partial charge on any atom is -0.465 e. The number of carbonyl (C=O) groups is 4. The largest absolute Gasteiger partial charge is 0.465 e. The number of piperazine rings is 1. The Bertz CT molecular complexity index is 2920. The minimum absolute atomic E-state index is 0.00856. The van der Waals surface area contributed by atoms with Gasteiger partial charge in [-0.3, -0.25) is 24.6 Å². The lowest BCUT2D eigenvalue weighted by atomic mass is 9.82. The number of carbonyl (C=O) groups excluding carboxylic acids is 3. The fourth-order valence-electron chi connectivity index (χ4n) is 10.1. The summed E-state index contributed by atoms with van der Waals surface area (Å²) in [7, 11) is 0.841. The summed E-state index contributed by atoms with van der Waals surface area (Å²) < 4.78 is 131. The number of hydrogen-bond donors (Lipinski definition) is 6. The summed E-state index contributed by atoms with van der Waals surface area (Å²) in [5.41, 5.74) is -3.33. The maximum Gasteiger partial charge on any atom is 0.407 e. The first-order valence-corrected chi connectivity index (χ1v) is 25.8. The van der Waals surface area contributed by atoms with E-state index in [0.717, 1.165) is 77.0 Å². The second kappa shape index (κ2) is 23.6. The smallest absolute Gasteiger partial charge is 0.407 e. The molecule has 2 unspecified atom stereocenters. The Labute approximate surface area is 455 Å². The quantitative estimate of drug-likeness (QED) is 0.0338. The van der Waals surface area contributed by atoms with Crippen molar-refractivity contribution >= 4 is 29.8 Å². The van der Waals surface area contributed by atoms with Crippen molar-refractivity contribution in [3.63, 3.8) is 0 Å². The van der Waals surface area contributed by atoms with Gasteiger partial charge in [0.25, 0.3) is 5.91 Å². The van der Waals surface area contributed by atoms with E-state index in [1.54, 1.807) is 29.2 Å². The summed E-state index contributed by atoms with van der Waals surface area (Å²) in [5, 5.41) is 32.3. The van der Waals surface area contributed by atoms with Crippen LogP contribution in [0.15, 0.2) is 67.0 Å². The molecule has 4 aromatic rings. The van der Waals surface area contributed by atoms with E-state index in [0.29, 0.717) is 67.5 Å². The molecule has 1 saturated carbocycles. The lowest BCUT2D eigenvalue weighted by Crippen LogP contribution is -2.63. The maximum atomic E-state index is 16.1. The van der Waals surface area contributed by atoms with Crippen molar-refractivity contribution in [2.75, 3.05) is 44.9 Å². The van der Waals surface area contributed by atoms with Gasteiger partial charge in [-0.1, -0.05) is 24.0 Å². The standard InChI is InChI=1S/C54H62F8N10O8/c1-51(2,53(57,58)59)45(66-50(78)79-5)47(74)64-42(20-31-9-6-30(7-10-31)8-11-32-12-17-44(63-23-32)69-24-35-15-16-36(25-69)72(35)37-28-80-29-37)43(73)27-70(68-48(75)46(65-49(76)77)52(3,4)54(60,61)62)26-38-39(55)21-33(22-40(38)56)41-18-19-71(67-41)34-13-14-34/h6-7,9-10,12,17-19,21-23,34-37,42-43,45-46,65,73H,13-16,20,24-29H2,1-5H3,(H,64,74)(H,66,78)(H,68,75)(H,76,77)/t35?,36?,42-,43-,45+,46+/m0/s1. The molecular formula is C54H62F8N10O8. The van der Waals surface area contributed by atoms with E-state index in [1.807, 2.05) is 22.9 Å². The molecule has 80 heavy (non-hydrogen) atoms. The third-order valence-corrected chi connectivity index (χ3v) is 15.3. The molecule has 4 aliphatic rings. The van der Waals surface area contributed by atoms with Crippen LogP contribution in [-0.2, 0) is 32.0 Å². The van der Waals surface area contributed by atoms with Crippen molar-refractivity contribution in [2.45, 2.75) is 127 Å². The number of aromatic nitrogens is 3. The van der Waals surface area contributed by atoms with Crippen LogP contribution < -0.4 is 26.3 Å². The average molecular weight is 1130 g/mol. The third kappa shape index (κ3) is 13.4. The number of alkyl halides is 6. The highest BCUT2D eigenvalue weighted by molar-refractivity contribution is 5.87. The van der Waals surface area contributed by atoms with Gasteiger partial charge in [0.1, 0.15) is 29.5 Å². The van der Waals surface area contributed by atoms with Crippen LogP contribution in [-0.4, -0.2) is 154 Å². The number of fused-ring (bicyclic) bond motifs is 2. The molecule has 8 rings (SSSR count). The second-order valence-electron chi connectivity index (χ2n) is 21.7. The first-order chi connectivity index (χ1) is 37.6. The number of aliphatic hydroxyl groups excluding tert-OH is 1. The molecule has 0 radical (unpaired) electrons. The lowest BCUT2D eigenvalue weighted by Gasteiger charge is -2.47. The van der Waals surface area contributed by atoms with Crippen molar-refractivity contribution < 1.29 is 74.0 Å². The molecule has 1 aliphatic carbocycles. The fraction of sp³-hybridized carbons (Fsp3) is 0.519. The van der Waals surface area contributed by atoms with Gasteiger partial charge < -0.3 is 40.5 Å². The Balaban J connectivity index is 1.07. The monoisotopic (exact) mass is 1130 g/mol. The SMILES string of the molecule is COC(=O)N[C@H](C(=O)N[C@@H](Cc1ccc(C#Cc2ccc(N3CC4CCC(C3)N4C3COC3)nc2)cc1)[C@@H](O)CN(Cc1c(F)cc(-c2ccn(C3CC3)n2)cc1F)NC(=O)[C@@H](NC(=O)O)C(C)(C)C(F)(F)F)C(C)(C)C(F)(F)F. The van der Waals surface area contributed by atoms with Crippen LogP contribution in [0.4, 0.5) is 50.5 Å². The van der Waals surface area contributed by atoms with Crippen LogP contribution in [0, 0.1) is 34.3 Å². The zero-order valence-corrected chi connectivity index (χ0v) is 44.3. The molecule has 2 aromatic carbocycles. The van der Waals surface area contributed by atoms with E-state index >= 15 is 8.78 Å². The van der Waals surface area contributed by atoms with Crippen LogP contribution in [0.5, 0.6) is 0 Å². The summed E-state index contributed by atoms with van der Waals surface area (Å²) in [6.45, 7) is 3.38. The van der Waals surface area contributed by atoms with Crippen LogP contribution in [0.25, 0.3) is 11.3 Å². The van der Waals surface area contributed by atoms with Gasteiger partial charge >= 0.3 is 24.5 Å². The number of rotatable bonds is 19. The summed E-state index contributed by atoms with van der Waals surface area (Å²) in [6.07, 6.45) is -9.18. The van der Waals surface area contributed by atoms with E-state index in [1.165, 1.54) is 23.5 Å². The summed E-state index contributed by atoms with van der Waals surface area (Å²) in [4.78, 5) is 61.8. The minimum atomic E-state index is -5.23. The Kier molecular flexibility index (Phi) is 17.4. The number of carboxylic acid groups (broad SMARTS) is 1. The highest BCUT2D eigenvalue weighted by atomic mass is 19.4. The molecule has 2 bridgehead atoms. The first-order valence-electron chi connectivity index (χ1n) is 25.8. The highest BCUT2D eigenvalue weighted by Gasteiger charge is 2.57. The number of pyridine rings is 1. The van der Waals surface area contributed by atoms with Crippen molar-refractivity contribution in [1.82, 2.24) is 46.0 Å². The number of aliphatic hydroxyl groups is 1. The lowest BCUT2D eigenvalue weighted by molar-refractivity contribution is -0.221. The molecule has 4 amide bonds. The molecular weight excluding hydrogens is 1070 g/mol. The topological polar surface area (TPSA) is 216 Å². The van der Waals surface area contributed by atoms with E-state index in [-0.39, 0.29) is 17.3 Å². The van der Waals surface area contributed by atoms with E-state index in [2.05, 4.69) is 41.8 Å². The van der Waals surface area contributed by atoms with Gasteiger partial charge in [0.2, 0.25) is 5.91 Å². The second-order valence-corrected chi connectivity index (χ2v) is 21.7. The third-order valence-electron chi connectivity index (χ3n) is 15.3. The predicted octanol–water partition coefficient (Wildman–Crippen LogP) is 6.47. The number of hydrogen-bond acceptors (Lipinski definition) is 12. The highest BCUT2D eigenvalue weighted by Crippen LogP contribution is 2.42. The van der Waals surface area contributed by atoms with Gasteiger partial charge in [-0.25, -0.2) is 28.4 Å². The number of benzene rings is 2. The normalized spacial score (nSPS) is 19.5. The predicted molar refractivity (Wildman–Crippen MR) is 272 cm³/mol. The van der Waals surface area contributed by atoms with Crippen molar-refractivity contribution in [3.8, 4) is 23.1 Å². The molecule has 5 heterocycles. The Hall–Kier alpha value is -7.08. The number of alkyl carbamates (subject to hydrolysis) is 1. The van der Waals surface area contributed by atoms with Gasteiger partial charge in [0.15, 0.2) is 0 Å². The molecule has 4 fully saturated rings. The molecule has 432 valence electrons. The van der Waals surface area contributed by atoms with Gasteiger partial charge in [0.05, 0.1) is 61.1 Å². The molecule has 2 aromatic heterocycles. The van der Waals surface area contributed by atoms with E-state index < -0.39 is 108 Å². The number of ether oxygens (including phenoxy) is 2. The van der Waals surface area contributed by atoms with Crippen molar-refractivity contribution in [3.05, 3.63) is 101 Å². The zero-order chi connectivity index (χ0) is 58.1. The molecule has 26 heteroatoms. The van der Waals surface area contributed by atoms with E-state index in [4.69, 9.17) is 4.74 Å². The van der Waals surface area contributed by atoms with Gasteiger partial charge in [0, 0.05) is 72.9 Å². The number of anilines is 1. The van der Waals surface area contributed by atoms with Crippen molar-refractivity contribution in [1.29, 1.82) is 0 Å². The maximum absolute atomic E-state index is 16.1. The number of hydrazine groups is 1. The first kappa shape index (κ1) is 59.1. The number of amides is 4. The Morgan fingerprint density at radius 3 is 1.89 bits per heavy atom.